The van der Waals surface area contributed by atoms with E-state index in [1.807, 2.05) is 42.5 Å². The van der Waals surface area contributed by atoms with E-state index in [1.165, 1.54) is 23.5 Å². The number of benzene rings is 3. The first-order valence-electron chi connectivity index (χ1n) is 8.04. The average molecular weight is 363 g/mol. The van der Waals surface area contributed by atoms with Gasteiger partial charge in [-0.05, 0) is 34.5 Å². The summed E-state index contributed by atoms with van der Waals surface area (Å²) in [7, 11) is 0. The first-order chi connectivity index (χ1) is 12.7. The van der Waals surface area contributed by atoms with Crippen LogP contribution in [0, 0.1) is 5.82 Å². The van der Waals surface area contributed by atoms with Crippen LogP contribution in [0.5, 0.6) is 5.75 Å². The number of thiazole rings is 1. The Bertz CT molecular complexity index is 1080. The molecule has 5 heteroatoms. The number of fused-ring (bicyclic) bond motifs is 1. The number of carbonyl (C=O) groups excluding carboxylic acids is 1. The highest BCUT2D eigenvalue weighted by molar-refractivity contribution is 7.11. The predicted octanol–water partition coefficient (Wildman–Crippen LogP) is 5.25. The Morgan fingerprint density at radius 2 is 1.88 bits per heavy atom. The van der Waals surface area contributed by atoms with Crippen molar-refractivity contribution < 1.29 is 13.9 Å². The van der Waals surface area contributed by atoms with Crippen LogP contribution in [0.25, 0.3) is 10.8 Å². The fourth-order valence-electron chi connectivity index (χ4n) is 2.73. The SMILES string of the molecule is O=C(c1cc(F)cc(OCc2ccc3ccccc3c2)c1)c1nccs1. The molecule has 0 bridgehead atoms. The van der Waals surface area contributed by atoms with E-state index in [2.05, 4.69) is 4.98 Å². The van der Waals surface area contributed by atoms with Gasteiger partial charge < -0.3 is 4.74 Å². The van der Waals surface area contributed by atoms with E-state index in [9.17, 15) is 9.18 Å². The molecule has 0 N–H and O–H groups in total. The molecule has 4 aromatic rings. The maximum Gasteiger partial charge on any atom is 0.221 e. The molecule has 0 radical (unpaired) electrons. The number of ether oxygens (including phenoxy) is 1. The van der Waals surface area contributed by atoms with Gasteiger partial charge in [0.1, 0.15) is 18.2 Å². The highest BCUT2D eigenvalue weighted by Gasteiger charge is 2.14. The molecule has 26 heavy (non-hydrogen) atoms. The summed E-state index contributed by atoms with van der Waals surface area (Å²) in [6.07, 6.45) is 1.55. The van der Waals surface area contributed by atoms with Crippen LogP contribution in [-0.4, -0.2) is 10.8 Å². The van der Waals surface area contributed by atoms with E-state index in [0.717, 1.165) is 16.3 Å². The third-order valence-electron chi connectivity index (χ3n) is 3.98. The number of nitrogens with zero attached hydrogens (tertiary/aromatic N) is 1. The first-order valence-corrected chi connectivity index (χ1v) is 8.92. The van der Waals surface area contributed by atoms with E-state index in [0.29, 0.717) is 17.4 Å². The maximum atomic E-state index is 13.9. The minimum atomic E-state index is -0.513. The normalized spacial score (nSPS) is 10.8. The van der Waals surface area contributed by atoms with Gasteiger partial charge in [-0.1, -0.05) is 36.4 Å². The summed E-state index contributed by atoms with van der Waals surface area (Å²) in [5.41, 5.74) is 1.20. The molecule has 0 saturated heterocycles. The third-order valence-corrected chi connectivity index (χ3v) is 4.75. The summed E-state index contributed by atoms with van der Waals surface area (Å²) in [4.78, 5) is 16.3. The number of ketones is 1. The van der Waals surface area contributed by atoms with Crippen LogP contribution < -0.4 is 4.74 Å². The second-order valence-corrected chi connectivity index (χ2v) is 6.71. The van der Waals surface area contributed by atoms with Crippen molar-refractivity contribution >= 4 is 27.9 Å². The first kappa shape index (κ1) is 16.4. The van der Waals surface area contributed by atoms with Crippen LogP contribution in [0.1, 0.15) is 20.9 Å². The molecule has 128 valence electrons. The summed E-state index contributed by atoms with van der Waals surface area (Å²) < 4.78 is 19.6. The lowest BCUT2D eigenvalue weighted by molar-refractivity contribution is 0.103. The van der Waals surface area contributed by atoms with Gasteiger partial charge in [-0.15, -0.1) is 11.3 Å². The summed E-state index contributed by atoms with van der Waals surface area (Å²) in [5.74, 6) is -0.506. The fourth-order valence-corrected chi connectivity index (χ4v) is 3.33. The molecule has 0 aliphatic carbocycles. The molecule has 0 atom stereocenters. The van der Waals surface area contributed by atoms with E-state index >= 15 is 0 Å². The highest BCUT2D eigenvalue weighted by atomic mass is 32.1. The van der Waals surface area contributed by atoms with E-state index < -0.39 is 5.82 Å². The predicted molar refractivity (Wildman–Crippen MR) is 100 cm³/mol. The van der Waals surface area contributed by atoms with Crippen molar-refractivity contribution in [2.45, 2.75) is 6.61 Å². The van der Waals surface area contributed by atoms with E-state index in [4.69, 9.17) is 4.74 Å². The highest BCUT2D eigenvalue weighted by Crippen LogP contribution is 2.22. The molecule has 0 aliphatic rings. The molecule has 0 amide bonds. The Balaban J connectivity index is 1.55. The molecule has 0 saturated carbocycles. The summed E-state index contributed by atoms with van der Waals surface area (Å²) in [6, 6.07) is 18.1. The molecule has 0 fully saturated rings. The Hall–Kier alpha value is -3.05. The molecule has 3 aromatic carbocycles. The zero-order valence-electron chi connectivity index (χ0n) is 13.7. The quantitative estimate of drug-likeness (QED) is 0.455. The smallest absolute Gasteiger partial charge is 0.221 e. The van der Waals surface area contributed by atoms with Crippen molar-refractivity contribution in [1.82, 2.24) is 4.98 Å². The second kappa shape index (κ2) is 7.06. The average Bonchev–Trinajstić information content (AvgIpc) is 3.20. The van der Waals surface area contributed by atoms with Crippen molar-refractivity contribution in [2.24, 2.45) is 0 Å². The molecule has 0 unspecified atom stereocenters. The van der Waals surface area contributed by atoms with Crippen LogP contribution >= 0.6 is 11.3 Å². The van der Waals surface area contributed by atoms with Crippen LogP contribution in [0.15, 0.2) is 72.2 Å². The van der Waals surface area contributed by atoms with Crippen LogP contribution in [0.2, 0.25) is 0 Å². The number of hydrogen-bond acceptors (Lipinski definition) is 4. The summed E-state index contributed by atoms with van der Waals surface area (Å²) in [6.45, 7) is 0.291. The lowest BCUT2D eigenvalue weighted by Gasteiger charge is -2.09. The number of aromatic nitrogens is 1. The van der Waals surface area contributed by atoms with Gasteiger partial charge in [0.15, 0.2) is 5.01 Å². The van der Waals surface area contributed by atoms with Crippen molar-refractivity contribution in [3.05, 3.63) is 94.2 Å². The number of halogens is 1. The van der Waals surface area contributed by atoms with Gasteiger partial charge in [0.2, 0.25) is 5.78 Å². The van der Waals surface area contributed by atoms with Crippen molar-refractivity contribution in [3.63, 3.8) is 0 Å². The minimum absolute atomic E-state index is 0.230. The molecule has 0 aliphatic heterocycles. The van der Waals surface area contributed by atoms with Gasteiger partial charge in [-0.25, -0.2) is 9.37 Å². The van der Waals surface area contributed by atoms with Gasteiger partial charge >= 0.3 is 0 Å². The molecule has 1 heterocycles. The zero-order valence-corrected chi connectivity index (χ0v) is 14.5. The topological polar surface area (TPSA) is 39.2 Å². The van der Waals surface area contributed by atoms with Gasteiger partial charge in [0.25, 0.3) is 0 Å². The summed E-state index contributed by atoms with van der Waals surface area (Å²) >= 11 is 1.22. The molecule has 1 aromatic heterocycles. The van der Waals surface area contributed by atoms with Gasteiger partial charge in [-0.2, -0.15) is 0 Å². The maximum absolute atomic E-state index is 13.9. The molecule has 0 spiro atoms. The lowest BCUT2D eigenvalue weighted by Crippen LogP contribution is -2.03. The van der Waals surface area contributed by atoms with Crippen molar-refractivity contribution in [2.75, 3.05) is 0 Å². The summed E-state index contributed by atoms with van der Waals surface area (Å²) in [5, 5.41) is 4.31. The largest absolute Gasteiger partial charge is 0.489 e. The monoisotopic (exact) mass is 363 g/mol. The van der Waals surface area contributed by atoms with Gasteiger partial charge in [0, 0.05) is 23.2 Å². The van der Waals surface area contributed by atoms with E-state index in [1.54, 1.807) is 17.6 Å². The zero-order chi connectivity index (χ0) is 17.9. The van der Waals surface area contributed by atoms with E-state index in [-0.39, 0.29) is 11.3 Å². The molecule has 4 rings (SSSR count). The van der Waals surface area contributed by atoms with Crippen LogP contribution in [-0.2, 0) is 6.61 Å². The van der Waals surface area contributed by atoms with Crippen molar-refractivity contribution in [1.29, 1.82) is 0 Å². The second-order valence-electron chi connectivity index (χ2n) is 5.81. The lowest BCUT2D eigenvalue weighted by atomic mass is 10.1. The van der Waals surface area contributed by atoms with Crippen LogP contribution in [0.3, 0.4) is 0 Å². The number of carbonyl (C=O) groups is 1. The van der Waals surface area contributed by atoms with Crippen LogP contribution in [0.4, 0.5) is 4.39 Å². The van der Waals surface area contributed by atoms with Gasteiger partial charge in [0.05, 0.1) is 0 Å². The standard InChI is InChI=1S/C21H14FNO2S/c22-18-10-17(20(24)21-23-7-8-26-21)11-19(12-18)25-13-14-5-6-15-3-1-2-4-16(15)9-14/h1-12H,13H2. The molecular weight excluding hydrogens is 349 g/mol. The Morgan fingerprint density at radius 1 is 1.04 bits per heavy atom. The Kier molecular flexibility index (Phi) is 4.46. The molecule has 3 nitrogen and oxygen atoms in total. The Morgan fingerprint density at radius 3 is 2.69 bits per heavy atom. The van der Waals surface area contributed by atoms with Crippen molar-refractivity contribution in [3.8, 4) is 5.75 Å². The number of hydrogen-bond donors (Lipinski definition) is 0. The minimum Gasteiger partial charge on any atom is -0.489 e. The van der Waals surface area contributed by atoms with Gasteiger partial charge in [-0.3, -0.25) is 4.79 Å². The third kappa shape index (κ3) is 3.48. The Labute approximate surface area is 153 Å². The fraction of sp³-hybridized carbons (Fsp3) is 0.0476. The molecular formula is C21H14FNO2S. The number of rotatable bonds is 5.